The summed E-state index contributed by atoms with van der Waals surface area (Å²) in [6, 6.07) is 2.80. The van der Waals surface area contributed by atoms with Crippen molar-refractivity contribution in [2.24, 2.45) is 16.5 Å². The van der Waals surface area contributed by atoms with E-state index in [1.807, 2.05) is 6.20 Å². The van der Waals surface area contributed by atoms with Crippen molar-refractivity contribution in [3.05, 3.63) is 40.2 Å². The van der Waals surface area contributed by atoms with E-state index in [0.29, 0.717) is 11.9 Å². The average molecular weight is 519 g/mol. The van der Waals surface area contributed by atoms with Crippen LogP contribution in [0.1, 0.15) is 53.7 Å². The molecule has 2 saturated heterocycles. The van der Waals surface area contributed by atoms with Gasteiger partial charge in [0.25, 0.3) is 0 Å². The van der Waals surface area contributed by atoms with Gasteiger partial charge in [-0.25, -0.2) is 25.0 Å². The third-order valence-electron chi connectivity index (χ3n) is 8.41. The van der Waals surface area contributed by atoms with E-state index in [4.69, 9.17) is 16.5 Å². The largest absolute Gasteiger partial charge is 0.368 e. The minimum Gasteiger partial charge on any atom is -0.368 e. The summed E-state index contributed by atoms with van der Waals surface area (Å²) in [6.07, 6.45) is 11.8. The second-order valence-corrected chi connectivity index (χ2v) is 11.8. The third kappa shape index (κ3) is 3.87. The van der Waals surface area contributed by atoms with Crippen LogP contribution in [0.5, 0.6) is 0 Å². The van der Waals surface area contributed by atoms with Gasteiger partial charge in [-0.05, 0) is 82.2 Å². The number of nitrogens with zero attached hydrogens (tertiary/aromatic N) is 7. The first kappa shape index (κ1) is 23.3. The lowest BCUT2D eigenvalue weighted by atomic mass is 10.0. The van der Waals surface area contributed by atoms with Gasteiger partial charge in [0.2, 0.25) is 11.7 Å². The molecule has 37 heavy (non-hydrogen) atoms. The van der Waals surface area contributed by atoms with E-state index in [0.717, 1.165) is 59.5 Å². The van der Waals surface area contributed by atoms with E-state index in [2.05, 4.69) is 43.2 Å². The van der Waals surface area contributed by atoms with E-state index in [9.17, 15) is 0 Å². The second-order valence-electron chi connectivity index (χ2n) is 10.7. The molecular weight excluding hydrogens is 484 g/mol. The number of hydrogen-bond acceptors (Lipinski definition) is 11. The molecular formula is C26H34N10S. The molecule has 0 bridgehead atoms. The fourth-order valence-electron chi connectivity index (χ4n) is 6.51. The molecule has 6 heterocycles. The lowest BCUT2D eigenvalue weighted by Gasteiger charge is -2.38. The van der Waals surface area contributed by atoms with Crippen LogP contribution < -0.4 is 26.8 Å². The molecule has 1 aliphatic carbocycles. The van der Waals surface area contributed by atoms with Crippen LogP contribution in [-0.2, 0) is 18.6 Å². The van der Waals surface area contributed by atoms with Crippen molar-refractivity contribution in [2.75, 3.05) is 36.1 Å². The highest BCUT2D eigenvalue weighted by Crippen LogP contribution is 2.41. The first-order chi connectivity index (χ1) is 18.0. The number of pyridine rings is 1. The average Bonchev–Trinajstić information content (AvgIpc) is 3.69. The number of fused-ring (bicyclic) bond motifs is 3. The number of thiophene rings is 1. The first-order valence-electron chi connectivity index (χ1n) is 13.4. The summed E-state index contributed by atoms with van der Waals surface area (Å²) in [7, 11) is 0. The van der Waals surface area contributed by atoms with Gasteiger partial charge in [-0.1, -0.05) is 0 Å². The molecule has 5 N–H and O–H groups in total. The van der Waals surface area contributed by atoms with Crippen LogP contribution >= 0.6 is 11.3 Å². The number of aromatic nitrogens is 3. The van der Waals surface area contributed by atoms with Crippen LogP contribution in [0.15, 0.2) is 23.6 Å². The Balaban J connectivity index is 1.12. The third-order valence-corrected chi connectivity index (χ3v) is 9.61. The number of nitrogens with two attached hydrogens (primary N) is 2. The predicted octanol–water partition coefficient (Wildman–Crippen LogP) is 2.36. The number of nitrogens with one attached hydrogen (secondary N) is 1. The minimum atomic E-state index is -1.22. The topological polar surface area (TPSA) is 125 Å². The number of guanidine groups is 1. The maximum atomic E-state index is 6.80. The van der Waals surface area contributed by atoms with Crippen molar-refractivity contribution in [1.82, 2.24) is 25.3 Å². The highest BCUT2D eigenvalue weighted by Gasteiger charge is 2.40. The van der Waals surface area contributed by atoms with Gasteiger partial charge in [-0.3, -0.25) is 5.73 Å². The Labute approximate surface area is 220 Å². The predicted molar refractivity (Wildman–Crippen MR) is 148 cm³/mol. The molecule has 1 atom stereocenters. The van der Waals surface area contributed by atoms with E-state index < -0.39 is 5.79 Å². The maximum absolute atomic E-state index is 6.80. The Morgan fingerprint density at radius 2 is 1.84 bits per heavy atom. The molecule has 0 aromatic carbocycles. The molecule has 3 aromatic heterocycles. The van der Waals surface area contributed by atoms with Crippen molar-refractivity contribution in [1.29, 1.82) is 0 Å². The maximum Gasteiger partial charge on any atom is 0.215 e. The standard InChI is InChI=1S/C26H34N10S/c1-16-13-17(14-29-22(16)35-11-7-18(8-12-35)34-9-2-3-10-34)26(28)32-25(27)36(33-26)23-21-19-5-4-6-20(19)37-24(21)31-15-30-23/h13-15,18,33H,2-12,28H2,1H3,(H2,27,32). The van der Waals surface area contributed by atoms with Crippen molar-refractivity contribution < 1.29 is 0 Å². The fraction of sp³-hybridized carbons (Fsp3) is 0.538. The zero-order valence-electron chi connectivity index (χ0n) is 21.3. The van der Waals surface area contributed by atoms with Crippen LogP contribution in [0, 0.1) is 6.92 Å². The summed E-state index contributed by atoms with van der Waals surface area (Å²) in [5, 5.41) is 2.76. The molecule has 4 aliphatic rings. The molecule has 7 rings (SSSR count). The number of piperidine rings is 1. The van der Waals surface area contributed by atoms with Crippen LogP contribution in [0.25, 0.3) is 10.2 Å². The Morgan fingerprint density at radius 1 is 1.03 bits per heavy atom. The van der Waals surface area contributed by atoms with Gasteiger partial charge in [0.05, 0.1) is 5.39 Å². The first-order valence-corrected chi connectivity index (χ1v) is 14.3. The highest BCUT2D eigenvalue weighted by atomic mass is 32.1. The smallest absolute Gasteiger partial charge is 0.215 e. The van der Waals surface area contributed by atoms with Gasteiger partial charge in [0, 0.05) is 35.8 Å². The van der Waals surface area contributed by atoms with Gasteiger partial charge in [-0.2, -0.15) is 5.43 Å². The van der Waals surface area contributed by atoms with E-state index in [1.165, 1.54) is 49.2 Å². The Bertz CT molecular complexity index is 1370. The summed E-state index contributed by atoms with van der Waals surface area (Å²) in [5.41, 5.74) is 19.7. The Hall–Kier alpha value is -2.86. The SMILES string of the molecule is Cc1cc(C2(N)N=C(N)N(c3ncnc4sc5c(c34)CCC5)N2)cnc1N1CCC(N2CCCC2)CC1. The van der Waals surface area contributed by atoms with Gasteiger partial charge in [0.15, 0.2) is 5.82 Å². The van der Waals surface area contributed by atoms with Gasteiger partial charge in [-0.15, -0.1) is 11.3 Å². The number of rotatable bonds is 4. The zero-order chi connectivity index (χ0) is 25.1. The normalized spacial score (nSPS) is 24.9. The van der Waals surface area contributed by atoms with Crippen LogP contribution in [-0.4, -0.2) is 58.0 Å². The summed E-state index contributed by atoms with van der Waals surface area (Å²) in [6.45, 7) is 6.70. The Kier molecular flexibility index (Phi) is 5.58. The number of aryl methyl sites for hydroxylation is 3. The number of hydrazine groups is 1. The molecule has 2 fully saturated rings. The van der Waals surface area contributed by atoms with Crippen molar-refractivity contribution >= 4 is 39.1 Å². The van der Waals surface area contributed by atoms with E-state index in [1.54, 1.807) is 22.7 Å². The molecule has 0 amide bonds. The summed E-state index contributed by atoms with van der Waals surface area (Å²) in [5.74, 6) is 0.802. The molecule has 0 radical (unpaired) electrons. The van der Waals surface area contributed by atoms with Gasteiger partial charge >= 0.3 is 0 Å². The number of hydrogen-bond donors (Lipinski definition) is 3. The molecule has 0 saturated carbocycles. The highest BCUT2D eigenvalue weighted by molar-refractivity contribution is 7.19. The zero-order valence-corrected chi connectivity index (χ0v) is 22.1. The molecule has 1 unspecified atom stereocenters. The summed E-state index contributed by atoms with van der Waals surface area (Å²) in [4.78, 5) is 26.1. The molecule has 3 aromatic rings. The van der Waals surface area contributed by atoms with E-state index in [-0.39, 0.29) is 5.96 Å². The van der Waals surface area contributed by atoms with Gasteiger partial charge < -0.3 is 15.5 Å². The lowest BCUT2D eigenvalue weighted by Crippen LogP contribution is -2.53. The Morgan fingerprint density at radius 3 is 2.62 bits per heavy atom. The number of anilines is 2. The van der Waals surface area contributed by atoms with Crippen LogP contribution in [0.2, 0.25) is 0 Å². The summed E-state index contributed by atoms with van der Waals surface area (Å²) >= 11 is 1.75. The fourth-order valence-corrected chi connectivity index (χ4v) is 7.74. The molecule has 11 heteroatoms. The number of aliphatic imine (C=N–C) groups is 1. The van der Waals surface area contributed by atoms with E-state index >= 15 is 0 Å². The second kappa shape index (κ2) is 8.87. The molecule has 3 aliphatic heterocycles. The van der Waals surface area contributed by atoms with Crippen LogP contribution in [0.4, 0.5) is 11.6 Å². The van der Waals surface area contributed by atoms with Gasteiger partial charge in [0.1, 0.15) is 17.0 Å². The lowest BCUT2D eigenvalue weighted by molar-refractivity contribution is 0.207. The molecule has 10 nitrogen and oxygen atoms in total. The molecule has 194 valence electrons. The molecule has 0 spiro atoms. The number of likely N-dealkylation sites (tertiary alicyclic amines) is 1. The van der Waals surface area contributed by atoms with Crippen molar-refractivity contribution in [3.63, 3.8) is 0 Å². The summed E-state index contributed by atoms with van der Waals surface area (Å²) < 4.78 is 0. The van der Waals surface area contributed by atoms with Crippen molar-refractivity contribution in [2.45, 2.75) is 63.7 Å². The quantitative estimate of drug-likeness (QED) is 0.477. The van der Waals surface area contributed by atoms with Crippen molar-refractivity contribution in [3.8, 4) is 0 Å². The monoisotopic (exact) mass is 518 g/mol. The minimum absolute atomic E-state index is 0.283. The van der Waals surface area contributed by atoms with Crippen LogP contribution in [0.3, 0.4) is 0 Å².